The minimum atomic E-state index is -1.20. The molecule has 4 heterocycles. The fourth-order valence-corrected chi connectivity index (χ4v) is 10.2. The largest absolute Gasteiger partial charge is 0.426 e. The van der Waals surface area contributed by atoms with Crippen LogP contribution in [0, 0.1) is 0 Å². The average molecular weight is 763 g/mol. The van der Waals surface area contributed by atoms with Gasteiger partial charge < -0.3 is 29.9 Å². The number of nitrogens with one attached hydrogen (secondary N) is 2. The number of benzene rings is 2. The van der Waals surface area contributed by atoms with E-state index in [1.807, 2.05) is 0 Å². The molecule has 0 aromatic heterocycles. The van der Waals surface area contributed by atoms with E-state index >= 15 is 0 Å². The number of thioether (sulfide) groups is 2. The van der Waals surface area contributed by atoms with E-state index in [2.05, 4.69) is 30.7 Å². The molecule has 4 saturated heterocycles. The van der Waals surface area contributed by atoms with E-state index in [4.69, 9.17) is 20.5 Å². The fourth-order valence-electron chi connectivity index (χ4n) is 6.94. The van der Waals surface area contributed by atoms with Gasteiger partial charge in [0.2, 0.25) is 30.4 Å². The van der Waals surface area contributed by atoms with Gasteiger partial charge in [-0.05, 0) is 49.9 Å². The Balaban J connectivity index is 1.04. The van der Waals surface area contributed by atoms with E-state index in [-0.39, 0.29) is 0 Å². The van der Waals surface area contributed by atoms with Crippen LogP contribution in [0.25, 0.3) is 20.9 Å². The Bertz CT molecular complexity index is 1800. The van der Waals surface area contributed by atoms with E-state index in [1.165, 1.54) is 33.3 Å². The zero-order valence-electron chi connectivity index (χ0n) is 28.8. The van der Waals surface area contributed by atoms with E-state index in [9.17, 15) is 28.8 Å². The molecule has 0 bridgehead atoms. The summed E-state index contributed by atoms with van der Waals surface area (Å²) in [7, 11) is 0. The number of β-lactam (4-membered cyclic amide) rings is 2. The van der Waals surface area contributed by atoms with E-state index < -0.39 is 98.9 Å². The smallest absolute Gasteiger partial charge is 0.333 e. The summed E-state index contributed by atoms with van der Waals surface area (Å²) < 4.78 is 8.96. The Morgan fingerprint density at radius 2 is 1.08 bits per heavy atom. The number of carbonyl (C=O) groups excluding carboxylic acids is 6. The lowest BCUT2D eigenvalue weighted by molar-refractivity contribution is -0.181. The molecule has 18 nitrogen and oxygen atoms in total. The summed E-state index contributed by atoms with van der Waals surface area (Å²) in [5.74, 6) is -4.07. The normalized spacial score (nSPS) is 26.9. The maximum atomic E-state index is 13.4. The van der Waals surface area contributed by atoms with E-state index in [0.717, 1.165) is 0 Å². The Kier molecular flexibility index (Phi) is 10.2. The van der Waals surface area contributed by atoms with Crippen LogP contribution in [0.15, 0.2) is 70.9 Å². The third-order valence-corrected chi connectivity index (χ3v) is 12.5. The molecule has 4 fully saturated rings. The Morgan fingerprint density at radius 3 is 1.42 bits per heavy atom. The molecule has 2 aromatic rings. The van der Waals surface area contributed by atoms with Crippen molar-refractivity contribution in [1.29, 1.82) is 0 Å². The Hall–Kier alpha value is -5.42. The standard InChI is InChI=1S/C33H34N10O8S2/c1-32(2)22(42-26(46)20(28(42)52-32)36-24(44)18(38-40-34)16-11-7-5-8-12-16)30(48)50-15-51-31(49)23-33(3,4)53-29-21(27(47)43(23)29)37-25(45)19(39-41-35)17-13-9-6-10-14-17/h5-14,18-23,28-29H,15H2,1-4H3,(H,36,44)(H,37,45)/t18?,19?,20-,21+,22-,23-,28+,29+/m0/s1. The number of hydrogen-bond acceptors (Lipinski definition) is 12. The van der Waals surface area contributed by atoms with Gasteiger partial charge in [-0.3, -0.25) is 19.2 Å². The van der Waals surface area contributed by atoms with Gasteiger partial charge in [0.15, 0.2) is 0 Å². The van der Waals surface area contributed by atoms with Crippen LogP contribution in [0.5, 0.6) is 0 Å². The fraction of sp³-hybridized carbons (Fsp3) is 0.455. The highest BCUT2D eigenvalue weighted by Crippen LogP contribution is 2.52. The van der Waals surface area contributed by atoms with Crippen molar-refractivity contribution in [3.8, 4) is 0 Å². The third-order valence-electron chi connectivity index (χ3n) is 9.39. The first-order valence-electron chi connectivity index (χ1n) is 16.3. The van der Waals surface area contributed by atoms with Crippen molar-refractivity contribution in [3.63, 3.8) is 0 Å². The third kappa shape index (κ3) is 6.81. The number of hydrogen-bond donors (Lipinski definition) is 2. The quantitative estimate of drug-likeness (QED) is 0.0798. The highest BCUT2D eigenvalue weighted by atomic mass is 32.2. The van der Waals surface area contributed by atoms with Gasteiger partial charge in [-0.1, -0.05) is 70.9 Å². The highest BCUT2D eigenvalue weighted by Gasteiger charge is 2.66. The molecular formula is C33H34N10O8S2. The van der Waals surface area contributed by atoms with Crippen LogP contribution in [0.2, 0.25) is 0 Å². The van der Waals surface area contributed by atoms with Crippen LogP contribution >= 0.6 is 23.5 Å². The predicted octanol–water partition coefficient (Wildman–Crippen LogP) is 3.23. The second kappa shape index (κ2) is 14.5. The zero-order valence-corrected chi connectivity index (χ0v) is 30.4. The van der Waals surface area contributed by atoms with Crippen molar-refractivity contribution in [2.75, 3.05) is 6.79 Å². The first-order valence-corrected chi connectivity index (χ1v) is 18.1. The summed E-state index contributed by atoms with van der Waals surface area (Å²) >= 11 is 2.56. The summed E-state index contributed by atoms with van der Waals surface area (Å²) in [6, 6.07) is 10.2. The number of rotatable bonds is 12. The molecule has 2 N–H and O–H groups in total. The minimum Gasteiger partial charge on any atom is -0.426 e. The van der Waals surface area contributed by atoms with Gasteiger partial charge in [-0.2, -0.15) is 0 Å². The van der Waals surface area contributed by atoms with Crippen LogP contribution in [-0.2, 0) is 38.2 Å². The number of fused-ring (bicyclic) bond motifs is 2. The second-order valence-electron chi connectivity index (χ2n) is 13.6. The highest BCUT2D eigenvalue weighted by molar-refractivity contribution is 8.02. The minimum absolute atomic E-state index is 0.446. The predicted molar refractivity (Wildman–Crippen MR) is 190 cm³/mol. The number of carbonyl (C=O) groups is 6. The van der Waals surface area contributed by atoms with Crippen molar-refractivity contribution >= 4 is 59.1 Å². The molecule has 0 aliphatic carbocycles. The van der Waals surface area contributed by atoms with Crippen molar-refractivity contribution in [2.24, 2.45) is 10.2 Å². The second-order valence-corrected chi connectivity index (χ2v) is 17.1. The molecule has 0 spiro atoms. The first kappa shape index (κ1) is 37.3. The molecule has 8 atom stereocenters. The van der Waals surface area contributed by atoms with Gasteiger partial charge in [0.05, 0.1) is 0 Å². The molecular weight excluding hydrogens is 729 g/mol. The number of ether oxygens (including phenoxy) is 2. The summed E-state index contributed by atoms with van der Waals surface area (Å²) in [6.45, 7) is 6.17. The molecule has 6 rings (SSSR count). The lowest BCUT2D eigenvalue weighted by Gasteiger charge is -2.44. The molecule has 4 aliphatic rings. The van der Waals surface area contributed by atoms with Crippen LogP contribution in [0.3, 0.4) is 0 Å². The topological polar surface area (TPSA) is 249 Å². The van der Waals surface area contributed by atoms with Gasteiger partial charge in [0, 0.05) is 19.3 Å². The maximum Gasteiger partial charge on any atom is 0.333 e. The van der Waals surface area contributed by atoms with Gasteiger partial charge in [0.1, 0.15) is 47.0 Å². The maximum absolute atomic E-state index is 13.4. The van der Waals surface area contributed by atoms with Gasteiger partial charge in [-0.15, -0.1) is 23.5 Å². The van der Waals surface area contributed by atoms with Crippen molar-refractivity contribution < 1.29 is 38.2 Å². The van der Waals surface area contributed by atoms with Gasteiger partial charge in [0.25, 0.3) is 0 Å². The van der Waals surface area contributed by atoms with Crippen LogP contribution < -0.4 is 10.6 Å². The van der Waals surface area contributed by atoms with Crippen molar-refractivity contribution in [2.45, 2.75) is 84.2 Å². The Morgan fingerprint density at radius 1 is 0.717 bits per heavy atom. The molecule has 2 unspecified atom stereocenters. The Labute approximate surface area is 310 Å². The summed E-state index contributed by atoms with van der Waals surface area (Å²) in [6.07, 6.45) is 0. The monoisotopic (exact) mass is 762 g/mol. The molecule has 2 aromatic carbocycles. The molecule has 4 amide bonds. The SMILES string of the molecule is CC1(C)S[C@@H]2[C@H](NC(=O)C(N=[N+]=[N-])c3ccccc3)C(=O)N2[C@H]1C(=O)OCOC(=O)[C@@H]1N2C(=O)[C@H](NC(=O)C(N=[N+]=[N-])c3ccccc3)[C@H]2SC1(C)C. The number of amides is 4. The summed E-state index contributed by atoms with van der Waals surface area (Å²) in [5.41, 5.74) is 18.9. The first-order chi connectivity index (χ1) is 25.2. The lowest BCUT2D eigenvalue weighted by Crippen LogP contribution is -2.71. The number of nitrogens with zero attached hydrogens (tertiary/aromatic N) is 8. The lowest BCUT2D eigenvalue weighted by atomic mass is 9.95. The average Bonchev–Trinajstić information content (AvgIpc) is 3.55. The molecule has 4 aliphatic heterocycles. The molecule has 20 heteroatoms. The summed E-state index contributed by atoms with van der Waals surface area (Å²) in [5, 5.41) is 11.3. The van der Waals surface area contributed by atoms with Crippen LogP contribution in [0.4, 0.5) is 0 Å². The zero-order chi connectivity index (χ0) is 38.2. The number of esters is 2. The van der Waals surface area contributed by atoms with Crippen molar-refractivity contribution in [1.82, 2.24) is 20.4 Å². The molecule has 276 valence electrons. The van der Waals surface area contributed by atoms with E-state index in [1.54, 1.807) is 88.4 Å². The molecule has 53 heavy (non-hydrogen) atoms. The van der Waals surface area contributed by atoms with Gasteiger partial charge in [-0.25, -0.2) is 9.59 Å². The molecule has 0 saturated carbocycles. The van der Waals surface area contributed by atoms with Crippen LogP contribution in [0.1, 0.15) is 50.9 Å². The van der Waals surface area contributed by atoms with Gasteiger partial charge >= 0.3 is 11.9 Å². The van der Waals surface area contributed by atoms with Crippen molar-refractivity contribution in [3.05, 3.63) is 92.7 Å². The van der Waals surface area contributed by atoms with E-state index in [0.29, 0.717) is 11.1 Å². The molecule has 0 radical (unpaired) electrons. The van der Waals surface area contributed by atoms with Crippen LogP contribution in [-0.4, -0.2) is 96.6 Å². The number of azide groups is 2. The summed E-state index contributed by atoms with van der Waals surface area (Å²) in [4.78, 5) is 87.6.